The molecule has 4 nitrogen and oxygen atoms in total. The lowest BCUT2D eigenvalue weighted by Crippen LogP contribution is -2.45. The summed E-state index contributed by atoms with van der Waals surface area (Å²) in [5.41, 5.74) is 0.940. The molecule has 2 aliphatic heterocycles. The molecule has 114 valence electrons. The lowest BCUT2D eigenvalue weighted by molar-refractivity contribution is -0.120. The first-order valence-corrected chi connectivity index (χ1v) is 8.18. The summed E-state index contributed by atoms with van der Waals surface area (Å²) in [6.45, 7) is 0.989. The molecule has 1 aromatic carbocycles. The first-order valence-electron chi connectivity index (χ1n) is 7.20. The van der Waals surface area contributed by atoms with Gasteiger partial charge in [0.05, 0.1) is 18.8 Å². The van der Waals surface area contributed by atoms with E-state index in [4.69, 9.17) is 0 Å². The highest BCUT2D eigenvalue weighted by molar-refractivity contribution is 7.99. The van der Waals surface area contributed by atoms with Crippen molar-refractivity contribution < 1.29 is 14.3 Å². The van der Waals surface area contributed by atoms with Crippen LogP contribution in [0.4, 0.5) is 10.1 Å². The van der Waals surface area contributed by atoms with E-state index in [9.17, 15) is 14.3 Å². The maximum atomic E-state index is 13.5. The number of nitrogens with zero attached hydrogens (tertiary/aromatic N) is 2. The van der Waals surface area contributed by atoms with Gasteiger partial charge >= 0.3 is 0 Å². The molecule has 0 bridgehead atoms. The van der Waals surface area contributed by atoms with Crippen LogP contribution in [0, 0.1) is 0 Å². The van der Waals surface area contributed by atoms with E-state index in [-0.39, 0.29) is 31.6 Å². The Hall–Kier alpha value is -1.11. The standard InChI is InChI=1S/C15H19FN2O2S/c16-11-7-12(10-19)17(8-11)9-15(20)18-5-6-21-14-4-2-1-3-13(14)18/h1-4,11-12,19H,5-10H2/t11-,12-/m0/s1. The van der Waals surface area contributed by atoms with Crippen molar-refractivity contribution in [2.24, 2.45) is 0 Å². The highest BCUT2D eigenvalue weighted by Crippen LogP contribution is 2.34. The first-order chi connectivity index (χ1) is 10.2. The van der Waals surface area contributed by atoms with Crippen molar-refractivity contribution in [3.05, 3.63) is 24.3 Å². The summed E-state index contributed by atoms with van der Waals surface area (Å²) in [4.78, 5) is 17.2. The molecular formula is C15H19FN2O2S. The van der Waals surface area contributed by atoms with E-state index in [1.807, 2.05) is 24.3 Å². The summed E-state index contributed by atoms with van der Waals surface area (Å²) < 4.78 is 13.5. The van der Waals surface area contributed by atoms with Crippen LogP contribution in [0.1, 0.15) is 6.42 Å². The van der Waals surface area contributed by atoms with Crippen molar-refractivity contribution in [1.29, 1.82) is 0 Å². The van der Waals surface area contributed by atoms with Gasteiger partial charge in [-0.15, -0.1) is 11.8 Å². The number of carbonyl (C=O) groups is 1. The van der Waals surface area contributed by atoms with E-state index in [0.717, 1.165) is 16.3 Å². The van der Waals surface area contributed by atoms with Gasteiger partial charge < -0.3 is 10.0 Å². The highest BCUT2D eigenvalue weighted by atomic mass is 32.2. The van der Waals surface area contributed by atoms with Crippen molar-refractivity contribution in [3.8, 4) is 0 Å². The molecule has 2 atom stereocenters. The van der Waals surface area contributed by atoms with Crippen LogP contribution in [0.2, 0.25) is 0 Å². The molecule has 2 aliphatic rings. The average molecular weight is 310 g/mol. The second kappa shape index (κ2) is 6.34. The third-order valence-corrected chi connectivity index (χ3v) is 5.10. The molecule has 1 aromatic rings. The third kappa shape index (κ3) is 3.07. The second-order valence-corrected chi connectivity index (χ2v) is 6.60. The van der Waals surface area contributed by atoms with Crippen LogP contribution in [0.25, 0.3) is 0 Å². The summed E-state index contributed by atoms with van der Waals surface area (Å²) in [6, 6.07) is 7.62. The quantitative estimate of drug-likeness (QED) is 0.919. The molecule has 3 rings (SSSR count). The highest BCUT2D eigenvalue weighted by Gasteiger charge is 2.34. The van der Waals surface area contributed by atoms with Gasteiger partial charge in [0.15, 0.2) is 0 Å². The Bertz CT molecular complexity index is 528. The zero-order valence-electron chi connectivity index (χ0n) is 11.7. The van der Waals surface area contributed by atoms with E-state index in [1.54, 1.807) is 21.6 Å². The van der Waals surface area contributed by atoms with Crippen LogP contribution < -0.4 is 4.90 Å². The molecule has 1 amide bonds. The SMILES string of the molecule is O=C(CN1C[C@@H](F)C[C@H]1CO)N1CCSc2ccccc21. The number of fused-ring (bicyclic) bond motifs is 1. The fraction of sp³-hybridized carbons (Fsp3) is 0.533. The number of alkyl halides is 1. The molecule has 0 spiro atoms. The van der Waals surface area contributed by atoms with Crippen LogP contribution >= 0.6 is 11.8 Å². The van der Waals surface area contributed by atoms with E-state index in [0.29, 0.717) is 13.0 Å². The van der Waals surface area contributed by atoms with Gasteiger partial charge in [-0.2, -0.15) is 0 Å². The topological polar surface area (TPSA) is 43.8 Å². The average Bonchev–Trinajstić information content (AvgIpc) is 2.86. The third-order valence-electron chi connectivity index (χ3n) is 4.06. The number of anilines is 1. The molecule has 0 saturated carbocycles. The number of carbonyl (C=O) groups excluding carboxylic acids is 1. The minimum absolute atomic E-state index is 0.0182. The summed E-state index contributed by atoms with van der Waals surface area (Å²) >= 11 is 1.75. The zero-order valence-corrected chi connectivity index (χ0v) is 12.6. The van der Waals surface area contributed by atoms with Gasteiger partial charge in [0, 0.05) is 29.8 Å². The van der Waals surface area contributed by atoms with Crippen LogP contribution in [0.5, 0.6) is 0 Å². The number of hydrogen-bond acceptors (Lipinski definition) is 4. The summed E-state index contributed by atoms with van der Waals surface area (Å²) in [7, 11) is 0. The van der Waals surface area contributed by atoms with E-state index in [2.05, 4.69) is 0 Å². The number of halogens is 1. The largest absolute Gasteiger partial charge is 0.395 e. The Morgan fingerprint density at radius 3 is 3.05 bits per heavy atom. The maximum absolute atomic E-state index is 13.5. The van der Waals surface area contributed by atoms with Crippen molar-refractivity contribution in [1.82, 2.24) is 4.90 Å². The minimum Gasteiger partial charge on any atom is -0.395 e. The zero-order chi connectivity index (χ0) is 14.8. The maximum Gasteiger partial charge on any atom is 0.241 e. The fourth-order valence-electron chi connectivity index (χ4n) is 2.99. The number of likely N-dealkylation sites (tertiary alicyclic amines) is 1. The monoisotopic (exact) mass is 310 g/mol. The summed E-state index contributed by atoms with van der Waals surface area (Å²) in [6.07, 6.45) is -0.630. The molecule has 0 radical (unpaired) electrons. The number of amides is 1. The number of thioether (sulfide) groups is 1. The Balaban J connectivity index is 1.72. The predicted octanol–water partition coefficient (Wildman–Crippen LogP) is 1.53. The molecule has 6 heteroatoms. The van der Waals surface area contributed by atoms with Gasteiger partial charge in [0.2, 0.25) is 5.91 Å². The normalized spacial score (nSPS) is 25.9. The predicted molar refractivity (Wildman–Crippen MR) is 81.5 cm³/mol. The molecule has 1 N–H and O–H groups in total. The molecular weight excluding hydrogens is 291 g/mol. The molecule has 21 heavy (non-hydrogen) atoms. The minimum atomic E-state index is -0.945. The first kappa shape index (κ1) is 14.8. The number of aliphatic hydroxyl groups is 1. The van der Waals surface area contributed by atoms with Gasteiger partial charge in [-0.25, -0.2) is 4.39 Å². The molecule has 2 heterocycles. The Morgan fingerprint density at radius 2 is 2.24 bits per heavy atom. The molecule has 1 saturated heterocycles. The van der Waals surface area contributed by atoms with Gasteiger partial charge in [-0.3, -0.25) is 9.69 Å². The van der Waals surface area contributed by atoms with Crippen LogP contribution in [-0.2, 0) is 4.79 Å². The van der Waals surface area contributed by atoms with Gasteiger partial charge in [-0.1, -0.05) is 12.1 Å². The van der Waals surface area contributed by atoms with Crippen molar-refractivity contribution in [2.45, 2.75) is 23.5 Å². The van der Waals surface area contributed by atoms with Gasteiger partial charge in [-0.05, 0) is 18.6 Å². The second-order valence-electron chi connectivity index (χ2n) is 5.46. The number of rotatable bonds is 3. The van der Waals surface area contributed by atoms with Crippen molar-refractivity contribution in [3.63, 3.8) is 0 Å². The van der Waals surface area contributed by atoms with Crippen LogP contribution in [0.15, 0.2) is 29.2 Å². The van der Waals surface area contributed by atoms with Gasteiger partial charge in [0.1, 0.15) is 6.17 Å². The summed E-state index contributed by atoms with van der Waals surface area (Å²) in [5.74, 6) is 0.855. The van der Waals surface area contributed by atoms with E-state index < -0.39 is 6.17 Å². The Morgan fingerprint density at radius 1 is 1.43 bits per heavy atom. The number of hydrogen-bond donors (Lipinski definition) is 1. The number of para-hydroxylation sites is 1. The smallest absolute Gasteiger partial charge is 0.241 e. The molecule has 0 unspecified atom stereocenters. The molecule has 0 aromatic heterocycles. The molecule has 0 aliphatic carbocycles. The Kier molecular flexibility index (Phi) is 4.47. The van der Waals surface area contributed by atoms with Gasteiger partial charge in [0.25, 0.3) is 0 Å². The number of aliphatic hydroxyl groups excluding tert-OH is 1. The van der Waals surface area contributed by atoms with Crippen LogP contribution in [0.3, 0.4) is 0 Å². The summed E-state index contributed by atoms with van der Waals surface area (Å²) in [5, 5.41) is 9.30. The van der Waals surface area contributed by atoms with E-state index in [1.165, 1.54) is 0 Å². The fourth-order valence-corrected chi connectivity index (χ4v) is 3.99. The van der Waals surface area contributed by atoms with Crippen molar-refractivity contribution >= 4 is 23.4 Å². The lowest BCUT2D eigenvalue weighted by atomic mass is 10.2. The van der Waals surface area contributed by atoms with Crippen LogP contribution in [-0.4, -0.2) is 60.1 Å². The van der Waals surface area contributed by atoms with Crippen molar-refractivity contribution in [2.75, 3.05) is 36.9 Å². The lowest BCUT2D eigenvalue weighted by Gasteiger charge is -2.31. The number of benzene rings is 1. The molecule has 1 fully saturated rings. The van der Waals surface area contributed by atoms with E-state index >= 15 is 0 Å². The Labute approximate surface area is 127 Å².